The van der Waals surface area contributed by atoms with Crippen molar-refractivity contribution in [1.82, 2.24) is 10.2 Å². The molecule has 1 saturated heterocycles. The third-order valence-corrected chi connectivity index (χ3v) is 4.52. The quantitative estimate of drug-likeness (QED) is 0.848. The van der Waals surface area contributed by atoms with Crippen molar-refractivity contribution < 1.29 is 18.7 Å². The van der Waals surface area contributed by atoms with Crippen LogP contribution in [0.3, 0.4) is 0 Å². The molecule has 3 amide bonds. The summed E-state index contributed by atoms with van der Waals surface area (Å²) < 4.78 is 18.1. The second-order valence-corrected chi connectivity index (χ2v) is 6.36. The Morgan fingerprint density at radius 3 is 2.74 bits per heavy atom. The number of anilines is 1. The SMILES string of the molecule is COc1cccc(NC(=O)N2CCCC2C(=O)NCc2ccc(F)cc2)c1. The maximum atomic E-state index is 13.0. The molecule has 0 radical (unpaired) electrons. The van der Waals surface area contributed by atoms with Gasteiger partial charge in [-0.1, -0.05) is 18.2 Å². The Hall–Kier alpha value is -3.09. The van der Waals surface area contributed by atoms with E-state index in [1.54, 1.807) is 48.4 Å². The smallest absolute Gasteiger partial charge is 0.322 e. The lowest BCUT2D eigenvalue weighted by molar-refractivity contribution is -0.124. The molecule has 6 nitrogen and oxygen atoms in total. The fourth-order valence-corrected chi connectivity index (χ4v) is 3.09. The molecule has 1 aliphatic rings. The topological polar surface area (TPSA) is 70.7 Å². The van der Waals surface area contributed by atoms with Crippen molar-refractivity contribution in [3.8, 4) is 5.75 Å². The van der Waals surface area contributed by atoms with Crippen molar-refractivity contribution in [3.63, 3.8) is 0 Å². The Morgan fingerprint density at radius 1 is 1.22 bits per heavy atom. The number of carbonyl (C=O) groups is 2. The van der Waals surface area contributed by atoms with E-state index < -0.39 is 6.04 Å². The molecular weight excluding hydrogens is 349 g/mol. The third kappa shape index (κ3) is 4.75. The molecule has 1 unspecified atom stereocenters. The van der Waals surface area contributed by atoms with Gasteiger partial charge in [0.25, 0.3) is 0 Å². The lowest BCUT2D eigenvalue weighted by Crippen LogP contribution is -2.47. The number of ether oxygens (including phenoxy) is 1. The fraction of sp³-hybridized carbons (Fsp3) is 0.300. The zero-order valence-corrected chi connectivity index (χ0v) is 15.1. The Morgan fingerprint density at radius 2 is 2.00 bits per heavy atom. The minimum Gasteiger partial charge on any atom is -0.497 e. The molecule has 27 heavy (non-hydrogen) atoms. The maximum Gasteiger partial charge on any atom is 0.322 e. The fourth-order valence-electron chi connectivity index (χ4n) is 3.09. The first-order chi connectivity index (χ1) is 13.1. The Bertz CT molecular complexity index is 810. The molecule has 0 aliphatic carbocycles. The number of likely N-dealkylation sites (tertiary alicyclic amines) is 1. The van der Waals surface area contributed by atoms with Crippen LogP contribution in [0.5, 0.6) is 5.75 Å². The van der Waals surface area contributed by atoms with Gasteiger partial charge >= 0.3 is 6.03 Å². The molecule has 2 aromatic carbocycles. The Balaban J connectivity index is 1.59. The number of amides is 3. The van der Waals surface area contributed by atoms with Gasteiger partial charge in [0.05, 0.1) is 7.11 Å². The summed E-state index contributed by atoms with van der Waals surface area (Å²) in [4.78, 5) is 26.7. The number of methoxy groups -OCH3 is 1. The summed E-state index contributed by atoms with van der Waals surface area (Å²) in [6.07, 6.45) is 1.38. The van der Waals surface area contributed by atoms with E-state index in [2.05, 4.69) is 10.6 Å². The van der Waals surface area contributed by atoms with Crippen LogP contribution >= 0.6 is 0 Å². The highest BCUT2D eigenvalue weighted by molar-refractivity contribution is 5.94. The third-order valence-electron chi connectivity index (χ3n) is 4.52. The van der Waals surface area contributed by atoms with Crippen LogP contribution in [0.2, 0.25) is 0 Å². The molecule has 142 valence electrons. The van der Waals surface area contributed by atoms with E-state index in [4.69, 9.17) is 4.74 Å². The van der Waals surface area contributed by atoms with Gasteiger partial charge in [-0.3, -0.25) is 4.79 Å². The number of benzene rings is 2. The van der Waals surface area contributed by atoms with Gasteiger partial charge in [-0.25, -0.2) is 9.18 Å². The van der Waals surface area contributed by atoms with E-state index in [1.165, 1.54) is 12.1 Å². The van der Waals surface area contributed by atoms with E-state index in [0.29, 0.717) is 30.9 Å². The zero-order valence-electron chi connectivity index (χ0n) is 15.1. The average Bonchev–Trinajstić information content (AvgIpc) is 3.17. The standard InChI is InChI=1S/C20H22FN3O3/c1-27-17-5-2-4-16(12-17)23-20(26)24-11-3-6-18(24)19(25)22-13-14-7-9-15(21)10-8-14/h2,4-5,7-10,12,18H,3,6,11,13H2,1H3,(H,22,25)(H,23,26). The monoisotopic (exact) mass is 371 g/mol. The van der Waals surface area contributed by atoms with Crippen molar-refractivity contribution in [1.29, 1.82) is 0 Å². The average molecular weight is 371 g/mol. The minimum atomic E-state index is -0.518. The summed E-state index contributed by atoms with van der Waals surface area (Å²) in [6, 6.07) is 12.2. The van der Waals surface area contributed by atoms with Gasteiger partial charge in [0.1, 0.15) is 17.6 Å². The number of urea groups is 1. The van der Waals surface area contributed by atoms with Gasteiger partial charge in [-0.2, -0.15) is 0 Å². The normalized spacial score (nSPS) is 16.1. The molecule has 2 aromatic rings. The first kappa shape index (κ1) is 18.7. The van der Waals surface area contributed by atoms with E-state index in [0.717, 1.165) is 12.0 Å². The van der Waals surface area contributed by atoms with Gasteiger partial charge in [0.2, 0.25) is 5.91 Å². The summed E-state index contributed by atoms with van der Waals surface area (Å²) in [5.41, 5.74) is 1.41. The molecule has 2 N–H and O–H groups in total. The van der Waals surface area contributed by atoms with Crippen molar-refractivity contribution in [2.75, 3.05) is 19.0 Å². The van der Waals surface area contributed by atoms with Crippen LogP contribution in [-0.4, -0.2) is 36.5 Å². The van der Waals surface area contributed by atoms with Crippen LogP contribution in [0.25, 0.3) is 0 Å². The molecule has 1 aliphatic heterocycles. The van der Waals surface area contributed by atoms with Crippen LogP contribution in [0.15, 0.2) is 48.5 Å². The summed E-state index contributed by atoms with van der Waals surface area (Å²) in [5.74, 6) is 0.113. The van der Waals surface area contributed by atoms with E-state index in [-0.39, 0.29) is 17.8 Å². The molecule has 0 aromatic heterocycles. The van der Waals surface area contributed by atoms with Gasteiger partial charge in [0.15, 0.2) is 0 Å². The van der Waals surface area contributed by atoms with Crippen LogP contribution in [-0.2, 0) is 11.3 Å². The molecule has 1 atom stereocenters. The van der Waals surface area contributed by atoms with E-state index >= 15 is 0 Å². The van der Waals surface area contributed by atoms with Crippen molar-refractivity contribution in [2.45, 2.75) is 25.4 Å². The second-order valence-electron chi connectivity index (χ2n) is 6.36. The lowest BCUT2D eigenvalue weighted by atomic mass is 10.2. The summed E-state index contributed by atoms with van der Waals surface area (Å²) in [5, 5.41) is 5.63. The number of halogens is 1. The first-order valence-electron chi connectivity index (χ1n) is 8.80. The van der Waals surface area contributed by atoms with E-state index in [1.807, 2.05) is 0 Å². The molecule has 0 bridgehead atoms. The highest BCUT2D eigenvalue weighted by Crippen LogP contribution is 2.21. The minimum absolute atomic E-state index is 0.211. The van der Waals surface area contributed by atoms with Gasteiger partial charge in [-0.05, 0) is 42.7 Å². The largest absolute Gasteiger partial charge is 0.497 e. The van der Waals surface area contributed by atoms with Crippen LogP contribution in [0.4, 0.5) is 14.9 Å². The van der Waals surface area contributed by atoms with Gasteiger partial charge < -0.3 is 20.3 Å². The highest BCUT2D eigenvalue weighted by Gasteiger charge is 2.34. The Labute approximate surface area is 157 Å². The van der Waals surface area contributed by atoms with Gasteiger partial charge in [0, 0.05) is 24.8 Å². The summed E-state index contributed by atoms with van der Waals surface area (Å²) in [6.45, 7) is 0.811. The predicted molar refractivity (Wildman–Crippen MR) is 100.0 cm³/mol. The van der Waals surface area contributed by atoms with Crippen LogP contribution in [0.1, 0.15) is 18.4 Å². The molecule has 0 spiro atoms. The van der Waals surface area contributed by atoms with E-state index in [9.17, 15) is 14.0 Å². The molecule has 0 saturated carbocycles. The van der Waals surface area contributed by atoms with Crippen LogP contribution < -0.4 is 15.4 Å². The molecular formula is C20H22FN3O3. The predicted octanol–water partition coefficient (Wildman–Crippen LogP) is 3.15. The Kier molecular flexibility index (Phi) is 5.90. The number of hydrogen-bond acceptors (Lipinski definition) is 3. The summed E-state index contributed by atoms with van der Waals surface area (Å²) >= 11 is 0. The number of hydrogen-bond donors (Lipinski definition) is 2. The molecule has 3 rings (SSSR count). The van der Waals surface area contributed by atoms with Crippen LogP contribution in [0, 0.1) is 5.82 Å². The van der Waals surface area contributed by atoms with Crippen molar-refractivity contribution >= 4 is 17.6 Å². The molecule has 7 heteroatoms. The lowest BCUT2D eigenvalue weighted by Gasteiger charge is -2.24. The second kappa shape index (κ2) is 8.53. The number of rotatable bonds is 5. The summed E-state index contributed by atoms with van der Waals surface area (Å²) in [7, 11) is 1.56. The zero-order chi connectivity index (χ0) is 19.2. The van der Waals surface area contributed by atoms with Gasteiger partial charge in [-0.15, -0.1) is 0 Å². The first-order valence-corrected chi connectivity index (χ1v) is 8.80. The molecule has 1 heterocycles. The number of nitrogens with one attached hydrogen (secondary N) is 2. The van der Waals surface area contributed by atoms with Crippen molar-refractivity contribution in [2.24, 2.45) is 0 Å². The number of carbonyl (C=O) groups excluding carboxylic acids is 2. The number of nitrogens with zero attached hydrogens (tertiary/aromatic N) is 1. The highest BCUT2D eigenvalue weighted by atomic mass is 19.1. The van der Waals surface area contributed by atoms with Crippen molar-refractivity contribution in [3.05, 3.63) is 59.9 Å². The molecule has 1 fully saturated rings. The maximum absolute atomic E-state index is 13.0.